The van der Waals surface area contributed by atoms with Crippen LogP contribution in [0.4, 0.5) is 11.5 Å². The molecule has 6 heteroatoms. The minimum atomic E-state index is -0.381. The lowest BCUT2D eigenvalue weighted by molar-refractivity contribution is -0.384. The van der Waals surface area contributed by atoms with Gasteiger partial charge in [0, 0.05) is 22.8 Å². The van der Waals surface area contributed by atoms with Crippen molar-refractivity contribution in [1.82, 2.24) is 4.98 Å². The second-order valence-electron chi connectivity index (χ2n) is 6.05. The number of pyridine rings is 1. The minimum absolute atomic E-state index is 0.0365. The van der Waals surface area contributed by atoms with Crippen molar-refractivity contribution in [1.29, 1.82) is 0 Å². The van der Waals surface area contributed by atoms with Crippen LogP contribution in [-0.4, -0.2) is 15.9 Å². The zero-order valence-corrected chi connectivity index (χ0v) is 13.0. The molecule has 0 spiro atoms. The maximum absolute atomic E-state index is 11.1. The average Bonchev–Trinajstić information content (AvgIpc) is 3.03. The zero-order valence-electron chi connectivity index (χ0n) is 11.4. The first-order chi connectivity index (χ1) is 9.54. The molecule has 0 aromatic carbocycles. The fraction of sp³-hybridized carbons (Fsp3) is 0.643. The Morgan fingerprint density at radius 1 is 1.50 bits per heavy atom. The first kappa shape index (κ1) is 13.8. The Morgan fingerprint density at radius 3 is 2.90 bits per heavy atom. The number of nitrogens with zero attached hydrogens (tertiary/aromatic N) is 2. The molecular formula is C14H18BrN3O2. The molecule has 0 saturated heterocycles. The van der Waals surface area contributed by atoms with Crippen molar-refractivity contribution in [2.45, 2.75) is 38.6 Å². The van der Waals surface area contributed by atoms with Crippen molar-refractivity contribution in [2.75, 3.05) is 5.32 Å². The van der Waals surface area contributed by atoms with Crippen molar-refractivity contribution < 1.29 is 4.92 Å². The fourth-order valence-corrected chi connectivity index (χ4v) is 4.23. The van der Waals surface area contributed by atoms with Crippen molar-refractivity contribution in [3.63, 3.8) is 0 Å². The van der Waals surface area contributed by atoms with E-state index in [9.17, 15) is 10.1 Å². The lowest BCUT2D eigenvalue weighted by Gasteiger charge is -2.28. The summed E-state index contributed by atoms with van der Waals surface area (Å²) in [5.41, 5.74) is 0.0365. The molecule has 2 bridgehead atoms. The maximum atomic E-state index is 11.1. The Labute approximate surface area is 126 Å². The summed E-state index contributed by atoms with van der Waals surface area (Å²) in [5.74, 6) is 2.67. The van der Waals surface area contributed by atoms with E-state index in [2.05, 4.69) is 33.2 Å². The van der Waals surface area contributed by atoms with Crippen LogP contribution in [0.1, 0.15) is 32.6 Å². The van der Waals surface area contributed by atoms with Crippen molar-refractivity contribution in [2.24, 2.45) is 17.8 Å². The summed E-state index contributed by atoms with van der Waals surface area (Å²) in [7, 11) is 0. The number of rotatable bonds is 4. The van der Waals surface area contributed by atoms with Crippen molar-refractivity contribution in [3.05, 3.63) is 26.9 Å². The van der Waals surface area contributed by atoms with E-state index in [-0.39, 0.29) is 16.7 Å². The number of hydrogen-bond acceptors (Lipinski definition) is 4. The number of nitro groups is 1. The van der Waals surface area contributed by atoms with Gasteiger partial charge in [-0.3, -0.25) is 10.1 Å². The summed E-state index contributed by atoms with van der Waals surface area (Å²) < 4.78 is 0.627. The van der Waals surface area contributed by atoms with E-state index < -0.39 is 0 Å². The predicted octanol–water partition coefficient (Wildman–Crippen LogP) is 3.99. The highest BCUT2D eigenvalue weighted by Crippen LogP contribution is 2.50. The van der Waals surface area contributed by atoms with Gasteiger partial charge in [-0.15, -0.1) is 0 Å². The molecule has 2 saturated carbocycles. The molecule has 5 nitrogen and oxygen atoms in total. The second kappa shape index (κ2) is 5.31. The Morgan fingerprint density at radius 2 is 2.30 bits per heavy atom. The van der Waals surface area contributed by atoms with Crippen molar-refractivity contribution >= 4 is 27.4 Å². The normalized spacial score (nSPS) is 29.4. The third kappa shape index (κ3) is 2.53. The lowest BCUT2D eigenvalue weighted by atomic mass is 9.84. The molecule has 1 aromatic rings. The highest BCUT2D eigenvalue weighted by Gasteiger charge is 2.42. The third-order valence-electron chi connectivity index (χ3n) is 4.83. The molecule has 1 aromatic heterocycles. The van der Waals surface area contributed by atoms with Gasteiger partial charge in [-0.05, 0) is 59.9 Å². The topological polar surface area (TPSA) is 68.1 Å². The van der Waals surface area contributed by atoms with Gasteiger partial charge in [0.2, 0.25) is 5.82 Å². The van der Waals surface area contributed by atoms with Crippen LogP contribution >= 0.6 is 15.9 Å². The molecule has 20 heavy (non-hydrogen) atoms. The molecule has 0 amide bonds. The average molecular weight is 340 g/mol. The Hall–Kier alpha value is -1.17. The first-order valence-corrected chi connectivity index (χ1v) is 7.90. The minimum Gasteiger partial charge on any atom is -0.362 e. The maximum Gasteiger partial charge on any atom is 0.312 e. The first-order valence-electron chi connectivity index (χ1n) is 7.11. The zero-order chi connectivity index (χ0) is 14.3. The molecule has 3 rings (SSSR count). The largest absolute Gasteiger partial charge is 0.362 e. The van der Waals surface area contributed by atoms with Crippen LogP contribution in [0.3, 0.4) is 0 Å². The van der Waals surface area contributed by atoms with Gasteiger partial charge in [-0.1, -0.05) is 6.42 Å². The van der Waals surface area contributed by atoms with Crippen LogP contribution in [0.2, 0.25) is 0 Å². The molecule has 0 aliphatic heterocycles. The van der Waals surface area contributed by atoms with Crippen LogP contribution in [0.5, 0.6) is 0 Å². The van der Waals surface area contributed by atoms with E-state index in [0.29, 0.717) is 16.2 Å². The molecule has 1 N–H and O–H groups in total. The van der Waals surface area contributed by atoms with Crippen LogP contribution in [0, 0.1) is 27.9 Å². The van der Waals surface area contributed by atoms with Crippen LogP contribution < -0.4 is 5.32 Å². The molecule has 2 aliphatic rings. The van der Waals surface area contributed by atoms with Gasteiger partial charge in [0.05, 0.1) is 4.92 Å². The van der Waals surface area contributed by atoms with Gasteiger partial charge in [-0.2, -0.15) is 0 Å². The van der Waals surface area contributed by atoms with Crippen molar-refractivity contribution in [3.8, 4) is 0 Å². The highest BCUT2D eigenvalue weighted by molar-refractivity contribution is 9.10. The molecule has 4 atom stereocenters. The molecule has 1 heterocycles. The van der Waals surface area contributed by atoms with Crippen LogP contribution in [0.15, 0.2) is 16.7 Å². The van der Waals surface area contributed by atoms with E-state index in [1.54, 1.807) is 6.20 Å². The highest BCUT2D eigenvalue weighted by atomic mass is 79.9. The van der Waals surface area contributed by atoms with E-state index in [0.717, 1.165) is 11.8 Å². The molecule has 4 unspecified atom stereocenters. The van der Waals surface area contributed by atoms with E-state index in [4.69, 9.17) is 0 Å². The number of anilines is 1. The van der Waals surface area contributed by atoms with E-state index >= 15 is 0 Å². The number of nitrogens with one attached hydrogen (secondary N) is 1. The monoisotopic (exact) mass is 339 g/mol. The molecule has 0 radical (unpaired) electrons. The van der Waals surface area contributed by atoms with Gasteiger partial charge >= 0.3 is 5.69 Å². The fourth-order valence-electron chi connectivity index (χ4n) is 3.91. The SMILES string of the molecule is CC(Nc1ncc(Br)cc1[N+](=O)[O-])C1CC2CCC1C2. The van der Waals surface area contributed by atoms with Gasteiger partial charge in [0.15, 0.2) is 0 Å². The lowest BCUT2D eigenvalue weighted by Crippen LogP contribution is -2.30. The quantitative estimate of drug-likeness (QED) is 0.665. The van der Waals surface area contributed by atoms with Gasteiger partial charge in [0.1, 0.15) is 0 Å². The summed E-state index contributed by atoms with van der Waals surface area (Å²) in [4.78, 5) is 14.9. The second-order valence-corrected chi connectivity index (χ2v) is 6.97. The van der Waals surface area contributed by atoms with E-state index in [1.165, 1.54) is 31.7 Å². The standard InChI is InChI=1S/C14H18BrN3O2/c1-8(12-5-9-2-3-10(12)4-9)17-14-13(18(19)20)6-11(15)7-16-14/h6-10,12H,2-5H2,1H3,(H,16,17). The molecule has 108 valence electrons. The summed E-state index contributed by atoms with van der Waals surface area (Å²) >= 11 is 3.23. The number of aromatic nitrogens is 1. The van der Waals surface area contributed by atoms with Gasteiger partial charge < -0.3 is 5.32 Å². The summed E-state index contributed by atoms with van der Waals surface area (Å²) in [5, 5.41) is 14.4. The van der Waals surface area contributed by atoms with E-state index in [1.807, 2.05) is 0 Å². The van der Waals surface area contributed by atoms with Crippen LogP contribution in [-0.2, 0) is 0 Å². The predicted molar refractivity (Wildman–Crippen MR) is 80.6 cm³/mol. The third-order valence-corrected chi connectivity index (χ3v) is 5.26. The summed E-state index contributed by atoms with van der Waals surface area (Å²) in [6, 6.07) is 1.74. The van der Waals surface area contributed by atoms with Gasteiger partial charge in [-0.25, -0.2) is 4.98 Å². The van der Waals surface area contributed by atoms with Crippen LogP contribution in [0.25, 0.3) is 0 Å². The number of halogens is 1. The smallest absolute Gasteiger partial charge is 0.312 e. The van der Waals surface area contributed by atoms with Gasteiger partial charge in [0.25, 0.3) is 0 Å². The number of fused-ring (bicyclic) bond motifs is 2. The Bertz CT molecular complexity index is 537. The molecular weight excluding hydrogens is 322 g/mol. The number of hydrogen-bond donors (Lipinski definition) is 1. The molecule has 2 fully saturated rings. The Balaban J connectivity index is 1.76. The summed E-state index contributed by atoms with van der Waals surface area (Å²) in [6.45, 7) is 2.12. The summed E-state index contributed by atoms with van der Waals surface area (Å²) in [6.07, 6.45) is 6.88. The Kier molecular flexibility index (Phi) is 3.67. The molecule has 2 aliphatic carbocycles.